The van der Waals surface area contributed by atoms with Crippen LogP contribution in [0.1, 0.15) is 18.4 Å². The maximum atomic E-state index is 11.9. The van der Waals surface area contributed by atoms with Gasteiger partial charge in [0.05, 0.1) is 6.42 Å². The minimum atomic E-state index is 0.0650. The summed E-state index contributed by atoms with van der Waals surface area (Å²) < 4.78 is 0. The number of carbonyl (C=O) groups is 1. The van der Waals surface area contributed by atoms with Gasteiger partial charge in [0, 0.05) is 6.04 Å². The molecule has 1 amide bonds. The molecule has 4 heteroatoms. The first-order valence-electron chi connectivity index (χ1n) is 6.39. The minimum Gasteiger partial charge on any atom is -0.508 e. The number of benzene rings is 1. The fourth-order valence-corrected chi connectivity index (χ4v) is 2.23. The van der Waals surface area contributed by atoms with Crippen LogP contribution in [-0.2, 0) is 11.2 Å². The third-order valence-electron chi connectivity index (χ3n) is 3.38. The quantitative estimate of drug-likeness (QED) is 0.843. The van der Waals surface area contributed by atoms with Crippen LogP contribution >= 0.6 is 0 Å². The summed E-state index contributed by atoms with van der Waals surface area (Å²) >= 11 is 0. The second-order valence-corrected chi connectivity index (χ2v) is 4.99. The highest BCUT2D eigenvalue weighted by molar-refractivity contribution is 5.78. The van der Waals surface area contributed by atoms with Crippen LogP contribution in [0.5, 0.6) is 5.75 Å². The molecule has 4 nitrogen and oxygen atoms in total. The molecule has 1 aliphatic heterocycles. The third kappa shape index (κ3) is 3.74. The van der Waals surface area contributed by atoms with Gasteiger partial charge in [0.15, 0.2) is 0 Å². The van der Waals surface area contributed by atoms with Crippen molar-refractivity contribution in [2.75, 3.05) is 20.1 Å². The first-order valence-corrected chi connectivity index (χ1v) is 6.39. The van der Waals surface area contributed by atoms with E-state index in [1.807, 2.05) is 0 Å². The molecule has 0 aromatic heterocycles. The van der Waals surface area contributed by atoms with E-state index >= 15 is 0 Å². The summed E-state index contributed by atoms with van der Waals surface area (Å²) in [5.41, 5.74) is 0.929. The molecular weight excluding hydrogens is 228 g/mol. The van der Waals surface area contributed by atoms with Crippen molar-refractivity contribution in [3.05, 3.63) is 29.8 Å². The number of rotatable bonds is 3. The second kappa shape index (κ2) is 5.87. The van der Waals surface area contributed by atoms with E-state index in [9.17, 15) is 9.90 Å². The van der Waals surface area contributed by atoms with Crippen LogP contribution in [0.4, 0.5) is 0 Å². The standard InChI is InChI=1S/C14H20N2O2/c1-16-8-6-12(7-9-16)15-14(18)10-11-2-4-13(17)5-3-11/h2-5,12,17H,6-10H2,1H3,(H,15,18). The van der Waals surface area contributed by atoms with Crippen molar-refractivity contribution in [2.45, 2.75) is 25.3 Å². The van der Waals surface area contributed by atoms with Gasteiger partial charge in [0.25, 0.3) is 0 Å². The number of carbonyl (C=O) groups excluding carboxylic acids is 1. The van der Waals surface area contributed by atoms with E-state index in [1.165, 1.54) is 0 Å². The molecule has 1 heterocycles. The smallest absolute Gasteiger partial charge is 0.224 e. The Balaban J connectivity index is 1.80. The molecule has 1 fully saturated rings. The molecule has 0 saturated carbocycles. The number of phenols is 1. The largest absolute Gasteiger partial charge is 0.508 e. The SMILES string of the molecule is CN1CCC(NC(=O)Cc2ccc(O)cc2)CC1. The van der Waals surface area contributed by atoms with Crippen molar-refractivity contribution in [3.8, 4) is 5.75 Å². The van der Waals surface area contributed by atoms with Gasteiger partial charge in [-0.3, -0.25) is 4.79 Å². The van der Waals surface area contributed by atoms with Crippen molar-refractivity contribution < 1.29 is 9.90 Å². The van der Waals surface area contributed by atoms with E-state index in [-0.39, 0.29) is 11.7 Å². The van der Waals surface area contributed by atoms with Crippen molar-refractivity contribution in [2.24, 2.45) is 0 Å². The van der Waals surface area contributed by atoms with Crippen LogP contribution in [0.2, 0.25) is 0 Å². The van der Waals surface area contributed by atoms with Crippen molar-refractivity contribution in [1.29, 1.82) is 0 Å². The van der Waals surface area contributed by atoms with E-state index in [4.69, 9.17) is 0 Å². The number of hydrogen-bond acceptors (Lipinski definition) is 3. The third-order valence-corrected chi connectivity index (χ3v) is 3.38. The summed E-state index contributed by atoms with van der Waals surface area (Å²) in [6.45, 7) is 2.09. The van der Waals surface area contributed by atoms with E-state index in [0.29, 0.717) is 12.5 Å². The van der Waals surface area contributed by atoms with Crippen LogP contribution in [0.3, 0.4) is 0 Å². The Morgan fingerprint density at radius 2 is 1.94 bits per heavy atom. The van der Waals surface area contributed by atoms with Crippen molar-refractivity contribution >= 4 is 5.91 Å². The Bertz CT molecular complexity index is 395. The maximum absolute atomic E-state index is 11.9. The molecule has 0 spiro atoms. The molecule has 0 aliphatic carbocycles. The molecule has 1 aromatic rings. The Hall–Kier alpha value is -1.55. The normalized spacial score (nSPS) is 17.6. The van der Waals surface area contributed by atoms with Gasteiger partial charge in [0.2, 0.25) is 5.91 Å². The van der Waals surface area contributed by atoms with E-state index < -0.39 is 0 Å². The van der Waals surface area contributed by atoms with E-state index in [2.05, 4.69) is 17.3 Å². The van der Waals surface area contributed by atoms with Gasteiger partial charge in [0.1, 0.15) is 5.75 Å². The average molecular weight is 248 g/mol. The fourth-order valence-electron chi connectivity index (χ4n) is 2.23. The lowest BCUT2D eigenvalue weighted by Gasteiger charge is -2.29. The van der Waals surface area contributed by atoms with Crippen LogP contribution in [0.15, 0.2) is 24.3 Å². The summed E-state index contributed by atoms with van der Waals surface area (Å²) in [5.74, 6) is 0.296. The zero-order chi connectivity index (χ0) is 13.0. The first-order chi connectivity index (χ1) is 8.63. The van der Waals surface area contributed by atoms with Gasteiger partial charge in [-0.2, -0.15) is 0 Å². The highest BCUT2D eigenvalue weighted by Crippen LogP contribution is 2.11. The second-order valence-electron chi connectivity index (χ2n) is 4.99. The minimum absolute atomic E-state index is 0.0650. The zero-order valence-corrected chi connectivity index (χ0v) is 10.7. The molecular formula is C14H20N2O2. The topological polar surface area (TPSA) is 52.6 Å². The number of piperidine rings is 1. The predicted molar refractivity (Wildman–Crippen MR) is 70.5 cm³/mol. The summed E-state index contributed by atoms with van der Waals surface area (Å²) in [5, 5.41) is 12.2. The summed E-state index contributed by atoms with van der Waals surface area (Å²) in [6.07, 6.45) is 2.43. The van der Waals surface area contributed by atoms with Gasteiger partial charge in [-0.1, -0.05) is 12.1 Å². The first kappa shape index (κ1) is 12.9. The predicted octanol–water partition coefficient (Wildman–Crippen LogP) is 1.15. The lowest BCUT2D eigenvalue weighted by molar-refractivity contribution is -0.121. The number of hydrogen-bond donors (Lipinski definition) is 2. The lowest BCUT2D eigenvalue weighted by Crippen LogP contribution is -2.43. The molecule has 1 saturated heterocycles. The Morgan fingerprint density at radius 3 is 2.56 bits per heavy atom. The summed E-state index contributed by atoms with van der Waals surface area (Å²) in [6, 6.07) is 7.09. The van der Waals surface area contributed by atoms with Crippen LogP contribution < -0.4 is 5.32 Å². The van der Waals surface area contributed by atoms with Crippen LogP contribution in [0.25, 0.3) is 0 Å². The molecule has 1 aromatic carbocycles. The number of nitrogens with one attached hydrogen (secondary N) is 1. The lowest BCUT2D eigenvalue weighted by atomic mass is 10.0. The Kier molecular flexibility index (Phi) is 4.20. The number of nitrogens with zero attached hydrogens (tertiary/aromatic N) is 1. The van der Waals surface area contributed by atoms with Crippen LogP contribution in [-0.4, -0.2) is 42.1 Å². The molecule has 0 unspecified atom stereocenters. The fraction of sp³-hybridized carbons (Fsp3) is 0.500. The number of phenolic OH excluding ortho intramolecular Hbond substituents is 1. The highest BCUT2D eigenvalue weighted by Gasteiger charge is 2.18. The van der Waals surface area contributed by atoms with Gasteiger partial charge in [-0.05, 0) is 50.7 Å². The number of likely N-dealkylation sites (tertiary alicyclic amines) is 1. The molecule has 2 N–H and O–H groups in total. The number of aromatic hydroxyl groups is 1. The van der Waals surface area contributed by atoms with Crippen molar-refractivity contribution in [3.63, 3.8) is 0 Å². The molecule has 98 valence electrons. The maximum Gasteiger partial charge on any atom is 0.224 e. The zero-order valence-electron chi connectivity index (χ0n) is 10.7. The molecule has 0 bridgehead atoms. The van der Waals surface area contributed by atoms with Crippen molar-refractivity contribution in [1.82, 2.24) is 10.2 Å². The molecule has 2 rings (SSSR count). The van der Waals surface area contributed by atoms with Gasteiger partial charge in [-0.15, -0.1) is 0 Å². The summed E-state index contributed by atoms with van der Waals surface area (Å²) in [7, 11) is 2.11. The molecule has 0 radical (unpaired) electrons. The molecule has 18 heavy (non-hydrogen) atoms. The van der Waals surface area contributed by atoms with Gasteiger partial charge in [-0.25, -0.2) is 0 Å². The average Bonchev–Trinajstić information content (AvgIpc) is 2.35. The van der Waals surface area contributed by atoms with Gasteiger partial charge < -0.3 is 15.3 Å². The van der Waals surface area contributed by atoms with E-state index in [1.54, 1.807) is 24.3 Å². The Labute approximate surface area is 108 Å². The highest BCUT2D eigenvalue weighted by atomic mass is 16.3. The van der Waals surface area contributed by atoms with Gasteiger partial charge >= 0.3 is 0 Å². The molecule has 1 aliphatic rings. The summed E-state index contributed by atoms with van der Waals surface area (Å²) in [4.78, 5) is 14.1. The Morgan fingerprint density at radius 1 is 1.33 bits per heavy atom. The van der Waals surface area contributed by atoms with E-state index in [0.717, 1.165) is 31.5 Å². The number of amides is 1. The molecule has 0 atom stereocenters. The monoisotopic (exact) mass is 248 g/mol. The van der Waals surface area contributed by atoms with Crippen LogP contribution in [0, 0.1) is 0 Å².